The first kappa shape index (κ1) is 24.1. The van der Waals surface area contributed by atoms with Gasteiger partial charge in [0.15, 0.2) is 11.3 Å². The van der Waals surface area contributed by atoms with Crippen molar-refractivity contribution in [3.63, 3.8) is 0 Å². The van der Waals surface area contributed by atoms with Crippen molar-refractivity contribution in [3.05, 3.63) is 71.6 Å². The van der Waals surface area contributed by atoms with Gasteiger partial charge in [-0.2, -0.15) is 0 Å². The van der Waals surface area contributed by atoms with Gasteiger partial charge in [0.05, 0.1) is 19.3 Å². The largest absolute Gasteiger partial charge is 0.497 e. The number of rotatable bonds is 5. The topological polar surface area (TPSA) is 142 Å². The van der Waals surface area contributed by atoms with Gasteiger partial charge in [-0.15, -0.1) is 0 Å². The average Bonchev–Trinajstić information content (AvgIpc) is 3.66. The number of hydrogen-bond donors (Lipinski definition) is 3. The summed E-state index contributed by atoms with van der Waals surface area (Å²) in [6, 6.07) is 13.5. The third-order valence-corrected chi connectivity index (χ3v) is 7.59. The third-order valence-electron chi connectivity index (χ3n) is 7.59. The Hall–Kier alpha value is -4.97. The molecule has 0 unspecified atom stereocenters. The Labute approximate surface area is 228 Å². The van der Waals surface area contributed by atoms with Crippen molar-refractivity contribution >= 4 is 34.8 Å². The lowest BCUT2D eigenvalue weighted by Crippen LogP contribution is -2.57. The highest BCUT2D eigenvalue weighted by atomic mass is 16.5. The van der Waals surface area contributed by atoms with Gasteiger partial charge in [-0.3, -0.25) is 19.8 Å². The zero-order chi connectivity index (χ0) is 27.4. The van der Waals surface area contributed by atoms with Crippen LogP contribution in [0.2, 0.25) is 0 Å². The van der Waals surface area contributed by atoms with Crippen LogP contribution in [0.4, 0.5) is 10.6 Å². The maximum absolute atomic E-state index is 13.6. The molecule has 0 radical (unpaired) electrons. The molecule has 2 saturated heterocycles. The summed E-state index contributed by atoms with van der Waals surface area (Å²) >= 11 is 0. The SMILES string of the molecule is COc1ccc2c(c1)C(=O)N([C@@]1(c3cc4nc(-c5ccnc(N6CCNCC6)c5)ccc4o3)NC(=O)NC1=O)C2. The molecule has 0 bridgehead atoms. The van der Waals surface area contributed by atoms with Crippen molar-refractivity contribution in [2.75, 3.05) is 38.2 Å². The van der Waals surface area contributed by atoms with E-state index in [-0.39, 0.29) is 12.3 Å². The van der Waals surface area contributed by atoms with Crippen molar-refractivity contribution < 1.29 is 23.5 Å². The Bertz CT molecular complexity index is 1700. The number of pyridine rings is 2. The highest BCUT2D eigenvalue weighted by Crippen LogP contribution is 2.39. The molecule has 3 aromatic heterocycles. The van der Waals surface area contributed by atoms with Gasteiger partial charge in [0.1, 0.15) is 17.1 Å². The number of imide groups is 1. The van der Waals surface area contributed by atoms with E-state index in [1.165, 1.54) is 12.0 Å². The van der Waals surface area contributed by atoms with E-state index < -0.39 is 23.5 Å². The minimum Gasteiger partial charge on any atom is -0.497 e. The Kier molecular flexibility index (Phi) is 5.46. The molecule has 0 spiro atoms. The van der Waals surface area contributed by atoms with E-state index in [2.05, 4.69) is 25.8 Å². The molecule has 6 heterocycles. The smallest absolute Gasteiger partial charge is 0.324 e. The van der Waals surface area contributed by atoms with Crippen molar-refractivity contribution in [1.82, 2.24) is 30.8 Å². The molecule has 3 N–H and O–H groups in total. The number of ether oxygens (including phenoxy) is 1. The Morgan fingerprint density at radius 2 is 1.88 bits per heavy atom. The predicted octanol–water partition coefficient (Wildman–Crippen LogP) is 1.96. The fraction of sp³-hybridized carbons (Fsp3) is 0.250. The molecule has 3 aliphatic rings. The monoisotopic (exact) mass is 539 g/mol. The zero-order valence-corrected chi connectivity index (χ0v) is 21.6. The zero-order valence-electron chi connectivity index (χ0n) is 21.6. The molecule has 202 valence electrons. The lowest BCUT2D eigenvalue weighted by molar-refractivity contribution is -0.131. The molecule has 0 aliphatic carbocycles. The van der Waals surface area contributed by atoms with Gasteiger partial charge in [-0.05, 0) is 42.0 Å². The second kappa shape index (κ2) is 9.06. The van der Waals surface area contributed by atoms with Gasteiger partial charge in [0.2, 0.25) is 0 Å². The van der Waals surface area contributed by atoms with Crippen molar-refractivity contribution in [2.24, 2.45) is 0 Å². The molecule has 1 atom stereocenters. The lowest BCUT2D eigenvalue weighted by Gasteiger charge is -2.33. The predicted molar refractivity (Wildman–Crippen MR) is 144 cm³/mol. The van der Waals surface area contributed by atoms with Crippen molar-refractivity contribution in [3.8, 4) is 17.0 Å². The van der Waals surface area contributed by atoms with Crippen LogP contribution < -0.4 is 25.6 Å². The third kappa shape index (κ3) is 3.67. The Morgan fingerprint density at radius 1 is 1.02 bits per heavy atom. The number of carbonyl (C=O) groups is 3. The highest BCUT2D eigenvalue weighted by molar-refractivity contribution is 6.11. The van der Waals surface area contributed by atoms with Gasteiger partial charge in [-0.25, -0.2) is 14.8 Å². The number of piperazine rings is 1. The number of furan rings is 1. The lowest BCUT2D eigenvalue weighted by atomic mass is 10.0. The summed E-state index contributed by atoms with van der Waals surface area (Å²) in [6.07, 6.45) is 1.76. The standard InChI is InChI=1S/C28H25N7O5/c1-39-18-3-2-17-15-35(25(36)19(17)13-18)28(26(37)32-27(38)33-28)23-14-21-22(40-23)5-4-20(31-21)16-6-7-30-24(12-16)34-10-8-29-9-11-34/h2-7,12-14,29H,8-11,15H2,1H3,(H2,32,33,37,38)/t28-/m1/s1. The van der Waals surface area contributed by atoms with Gasteiger partial charge in [0.25, 0.3) is 17.5 Å². The number of urea groups is 1. The van der Waals surface area contributed by atoms with Crippen LogP contribution in [0.25, 0.3) is 22.4 Å². The van der Waals surface area contributed by atoms with Crippen LogP contribution in [0.3, 0.4) is 0 Å². The summed E-state index contributed by atoms with van der Waals surface area (Å²) in [5.41, 5.74) is 1.68. The second-order valence-electron chi connectivity index (χ2n) is 9.86. The van der Waals surface area contributed by atoms with Crippen LogP contribution in [0.1, 0.15) is 21.7 Å². The molecule has 12 heteroatoms. The molecule has 1 aromatic carbocycles. The van der Waals surface area contributed by atoms with Crippen LogP contribution in [0.15, 0.2) is 59.1 Å². The molecule has 12 nitrogen and oxygen atoms in total. The maximum atomic E-state index is 13.6. The van der Waals surface area contributed by atoms with Crippen LogP contribution in [0.5, 0.6) is 5.75 Å². The molecular weight excluding hydrogens is 514 g/mol. The Balaban J connectivity index is 1.27. The first-order valence-corrected chi connectivity index (χ1v) is 12.9. The van der Waals surface area contributed by atoms with Gasteiger partial charge >= 0.3 is 6.03 Å². The molecule has 2 fully saturated rings. The first-order valence-electron chi connectivity index (χ1n) is 12.9. The Morgan fingerprint density at radius 3 is 2.65 bits per heavy atom. The minimum absolute atomic E-state index is 0.0832. The number of methoxy groups -OCH3 is 1. The number of nitrogens with one attached hydrogen (secondary N) is 3. The first-order chi connectivity index (χ1) is 19.5. The maximum Gasteiger partial charge on any atom is 0.324 e. The normalized spacial score (nSPS) is 20.6. The van der Waals surface area contributed by atoms with Crippen LogP contribution >= 0.6 is 0 Å². The van der Waals surface area contributed by atoms with Crippen LogP contribution in [0, 0.1) is 0 Å². The number of hydrogen-bond acceptors (Lipinski definition) is 9. The van der Waals surface area contributed by atoms with Gasteiger partial charge < -0.3 is 24.7 Å². The van der Waals surface area contributed by atoms with E-state index in [0.717, 1.165) is 37.6 Å². The van der Waals surface area contributed by atoms with E-state index >= 15 is 0 Å². The van der Waals surface area contributed by atoms with Gasteiger partial charge in [-0.1, -0.05) is 6.07 Å². The van der Waals surface area contributed by atoms with E-state index in [1.807, 2.05) is 18.2 Å². The van der Waals surface area contributed by atoms with E-state index in [0.29, 0.717) is 33.7 Å². The molecule has 4 aromatic rings. The fourth-order valence-corrected chi connectivity index (χ4v) is 5.53. The summed E-state index contributed by atoms with van der Waals surface area (Å²) in [6.45, 7) is 3.63. The van der Waals surface area contributed by atoms with E-state index in [1.54, 1.807) is 36.5 Å². The summed E-state index contributed by atoms with van der Waals surface area (Å²) in [4.78, 5) is 52.2. The van der Waals surface area contributed by atoms with Crippen LogP contribution in [-0.4, -0.2) is 66.0 Å². The number of carbonyl (C=O) groups excluding carboxylic acids is 3. The number of aromatic nitrogens is 2. The van der Waals surface area contributed by atoms with E-state index in [4.69, 9.17) is 14.1 Å². The van der Waals surface area contributed by atoms with Gasteiger partial charge in [0, 0.05) is 49.6 Å². The van der Waals surface area contributed by atoms with E-state index in [9.17, 15) is 14.4 Å². The summed E-state index contributed by atoms with van der Waals surface area (Å²) in [7, 11) is 1.51. The molecule has 4 amide bonds. The molecule has 7 rings (SSSR count). The summed E-state index contributed by atoms with van der Waals surface area (Å²) < 4.78 is 11.4. The summed E-state index contributed by atoms with van der Waals surface area (Å²) in [5.74, 6) is 0.332. The summed E-state index contributed by atoms with van der Waals surface area (Å²) in [5, 5.41) is 8.26. The quantitative estimate of drug-likeness (QED) is 0.325. The molecule has 3 aliphatic heterocycles. The minimum atomic E-state index is -1.88. The number of amides is 4. The number of benzene rings is 1. The molecule has 40 heavy (non-hydrogen) atoms. The molecular formula is C28H25N7O5. The highest BCUT2D eigenvalue weighted by Gasteiger charge is 2.58. The van der Waals surface area contributed by atoms with Crippen LogP contribution in [-0.2, 0) is 17.0 Å². The van der Waals surface area contributed by atoms with Crippen molar-refractivity contribution in [1.29, 1.82) is 0 Å². The fourth-order valence-electron chi connectivity index (χ4n) is 5.53. The second-order valence-corrected chi connectivity index (χ2v) is 9.86. The van der Waals surface area contributed by atoms with Crippen molar-refractivity contribution in [2.45, 2.75) is 12.2 Å². The number of fused-ring (bicyclic) bond motifs is 2. The molecule has 0 saturated carbocycles. The number of nitrogens with zero attached hydrogens (tertiary/aromatic N) is 4. The average molecular weight is 540 g/mol. The number of anilines is 1.